The molecular weight excluding hydrogens is 276 g/mol. The Morgan fingerprint density at radius 1 is 1.39 bits per heavy atom. The van der Waals surface area contributed by atoms with Gasteiger partial charge in [-0.15, -0.1) is 11.3 Å². The molecule has 0 saturated carbocycles. The lowest BCUT2D eigenvalue weighted by molar-refractivity contribution is -0.136. The summed E-state index contributed by atoms with van der Waals surface area (Å²) >= 11 is 1.03. The molecule has 8 heteroatoms. The van der Waals surface area contributed by atoms with Crippen LogP contribution in [0.2, 0.25) is 0 Å². The van der Waals surface area contributed by atoms with Crippen molar-refractivity contribution in [3.8, 4) is 0 Å². The topological polar surface area (TPSA) is 86.7 Å². The SMILES string of the molecule is O=C(O)Cc1ccc(S(=O)(=O)N2CCNCC2)s1. The molecule has 2 N–H and O–H groups in total. The first kappa shape index (κ1) is 13.5. The zero-order valence-corrected chi connectivity index (χ0v) is 11.3. The Labute approximate surface area is 109 Å². The highest BCUT2D eigenvalue weighted by atomic mass is 32.2. The van der Waals surface area contributed by atoms with Gasteiger partial charge in [-0.05, 0) is 12.1 Å². The van der Waals surface area contributed by atoms with E-state index in [1.807, 2.05) is 0 Å². The predicted octanol–water partition coefficient (Wildman–Crippen LogP) is -0.0309. The van der Waals surface area contributed by atoms with E-state index in [2.05, 4.69) is 5.32 Å². The highest BCUT2D eigenvalue weighted by Gasteiger charge is 2.27. The maximum Gasteiger partial charge on any atom is 0.308 e. The summed E-state index contributed by atoms with van der Waals surface area (Å²) in [6, 6.07) is 3.05. The molecule has 0 spiro atoms. The Bertz CT molecular complexity index is 532. The fourth-order valence-corrected chi connectivity index (χ4v) is 4.70. The molecule has 0 aliphatic carbocycles. The van der Waals surface area contributed by atoms with E-state index >= 15 is 0 Å². The average Bonchev–Trinajstić information content (AvgIpc) is 2.78. The van der Waals surface area contributed by atoms with Gasteiger partial charge in [-0.3, -0.25) is 4.79 Å². The second kappa shape index (κ2) is 5.35. The molecule has 0 amide bonds. The third-order valence-electron chi connectivity index (χ3n) is 2.63. The monoisotopic (exact) mass is 290 g/mol. The molecule has 0 atom stereocenters. The molecule has 2 rings (SSSR count). The van der Waals surface area contributed by atoms with E-state index in [1.165, 1.54) is 10.4 Å². The first-order chi connectivity index (χ1) is 8.50. The molecule has 1 fully saturated rings. The summed E-state index contributed by atoms with van der Waals surface area (Å²) in [4.78, 5) is 11.1. The average molecular weight is 290 g/mol. The summed E-state index contributed by atoms with van der Waals surface area (Å²) in [6.07, 6.45) is -0.137. The summed E-state index contributed by atoms with van der Waals surface area (Å²) in [5, 5.41) is 11.8. The van der Waals surface area contributed by atoms with E-state index in [0.29, 0.717) is 31.1 Å². The smallest absolute Gasteiger partial charge is 0.308 e. The lowest BCUT2D eigenvalue weighted by Gasteiger charge is -2.25. The minimum absolute atomic E-state index is 0.137. The summed E-state index contributed by atoms with van der Waals surface area (Å²) in [5.41, 5.74) is 0. The highest BCUT2D eigenvalue weighted by Crippen LogP contribution is 2.25. The van der Waals surface area contributed by atoms with Gasteiger partial charge in [0.05, 0.1) is 6.42 Å². The van der Waals surface area contributed by atoms with Crippen molar-refractivity contribution in [1.82, 2.24) is 9.62 Å². The Morgan fingerprint density at radius 2 is 2.06 bits per heavy atom. The molecule has 1 aliphatic heterocycles. The van der Waals surface area contributed by atoms with Crippen LogP contribution in [0.15, 0.2) is 16.3 Å². The van der Waals surface area contributed by atoms with Crippen LogP contribution in [0, 0.1) is 0 Å². The molecule has 0 radical (unpaired) electrons. The van der Waals surface area contributed by atoms with E-state index in [1.54, 1.807) is 6.07 Å². The largest absolute Gasteiger partial charge is 0.481 e. The number of hydrogen-bond donors (Lipinski definition) is 2. The van der Waals surface area contributed by atoms with Gasteiger partial charge in [-0.1, -0.05) is 0 Å². The van der Waals surface area contributed by atoms with Gasteiger partial charge >= 0.3 is 5.97 Å². The number of carbonyl (C=O) groups is 1. The summed E-state index contributed by atoms with van der Waals surface area (Å²) in [7, 11) is -3.46. The first-order valence-electron chi connectivity index (χ1n) is 5.51. The van der Waals surface area contributed by atoms with Crippen LogP contribution >= 0.6 is 11.3 Å². The Balaban J connectivity index is 2.18. The minimum Gasteiger partial charge on any atom is -0.481 e. The van der Waals surface area contributed by atoms with Gasteiger partial charge in [0.2, 0.25) is 0 Å². The molecule has 18 heavy (non-hydrogen) atoms. The summed E-state index contributed by atoms with van der Waals surface area (Å²) < 4.78 is 26.1. The number of piperazine rings is 1. The number of carboxylic acids is 1. The van der Waals surface area contributed by atoms with Crippen LogP contribution in [-0.4, -0.2) is 50.0 Å². The number of sulfonamides is 1. The van der Waals surface area contributed by atoms with Crippen molar-refractivity contribution in [2.75, 3.05) is 26.2 Å². The van der Waals surface area contributed by atoms with E-state index in [0.717, 1.165) is 11.3 Å². The third kappa shape index (κ3) is 2.89. The number of nitrogens with zero attached hydrogens (tertiary/aromatic N) is 1. The van der Waals surface area contributed by atoms with Crippen LogP contribution in [0.25, 0.3) is 0 Å². The zero-order chi connectivity index (χ0) is 13.2. The minimum atomic E-state index is -3.46. The predicted molar refractivity (Wildman–Crippen MR) is 67.3 cm³/mol. The van der Waals surface area contributed by atoms with E-state index in [9.17, 15) is 13.2 Å². The van der Waals surface area contributed by atoms with Crippen LogP contribution in [0.4, 0.5) is 0 Å². The maximum atomic E-state index is 12.2. The Kier molecular flexibility index (Phi) is 4.00. The molecule has 0 bridgehead atoms. The molecule has 0 aromatic carbocycles. The normalized spacial score (nSPS) is 17.8. The van der Waals surface area contributed by atoms with Gasteiger partial charge in [-0.25, -0.2) is 8.42 Å². The van der Waals surface area contributed by atoms with Crippen LogP contribution in [0.1, 0.15) is 4.88 Å². The van der Waals surface area contributed by atoms with Crippen molar-refractivity contribution in [3.05, 3.63) is 17.0 Å². The number of thiophene rings is 1. The molecule has 1 aromatic heterocycles. The molecule has 1 saturated heterocycles. The van der Waals surface area contributed by atoms with Crippen LogP contribution in [0.3, 0.4) is 0 Å². The Hall–Kier alpha value is -0.960. The summed E-state index contributed by atoms with van der Waals surface area (Å²) in [6.45, 7) is 2.20. The number of hydrogen-bond acceptors (Lipinski definition) is 5. The van der Waals surface area contributed by atoms with Gasteiger partial charge in [-0.2, -0.15) is 4.31 Å². The van der Waals surface area contributed by atoms with E-state index in [4.69, 9.17) is 5.11 Å². The van der Waals surface area contributed by atoms with Gasteiger partial charge in [0.15, 0.2) is 0 Å². The zero-order valence-electron chi connectivity index (χ0n) is 9.63. The quantitative estimate of drug-likeness (QED) is 0.813. The van der Waals surface area contributed by atoms with Crippen molar-refractivity contribution in [2.24, 2.45) is 0 Å². The van der Waals surface area contributed by atoms with Gasteiger partial charge < -0.3 is 10.4 Å². The fourth-order valence-electron chi connectivity index (χ4n) is 1.75. The highest BCUT2D eigenvalue weighted by molar-refractivity contribution is 7.91. The molecule has 1 aliphatic rings. The summed E-state index contributed by atoms with van der Waals surface area (Å²) in [5.74, 6) is -0.956. The van der Waals surface area contributed by atoms with Gasteiger partial charge in [0.1, 0.15) is 4.21 Å². The van der Waals surface area contributed by atoms with Crippen molar-refractivity contribution < 1.29 is 18.3 Å². The molecule has 0 unspecified atom stereocenters. The van der Waals surface area contributed by atoms with E-state index < -0.39 is 16.0 Å². The lowest BCUT2D eigenvalue weighted by Crippen LogP contribution is -2.46. The van der Waals surface area contributed by atoms with Crippen molar-refractivity contribution in [2.45, 2.75) is 10.6 Å². The second-order valence-corrected chi connectivity index (χ2v) is 7.28. The number of carboxylic acid groups (broad SMARTS) is 1. The van der Waals surface area contributed by atoms with Crippen LogP contribution in [0.5, 0.6) is 0 Å². The molecule has 1 aromatic rings. The van der Waals surface area contributed by atoms with Crippen molar-refractivity contribution >= 4 is 27.3 Å². The van der Waals surface area contributed by atoms with E-state index in [-0.39, 0.29) is 10.6 Å². The molecule has 100 valence electrons. The van der Waals surface area contributed by atoms with Gasteiger partial charge in [0.25, 0.3) is 10.0 Å². The molecular formula is C10H14N2O4S2. The number of aliphatic carboxylic acids is 1. The standard InChI is InChI=1S/C10H14N2O4S2/c13-9(14)7-8-1-2-10(17-8)18(15,16)12-5-3-11-4-6-12/h1-2,11H,3-7H2,(H,13,14). The Morgan fingerprint density at radius 3 is 2.67 bits per heavy atom. The van der Waals surface area contributed by atoms with Crippen molar-refractivity contribution in [1.29, 1.82) is 0 Å². The van der Waals surface area contributed by atoms with Crippen LogP contribution < -0.4 is 5.32 Å². The fraction of sp³-hybridized carbons (Fsp3) is 0.500. The second-order valence-electron chi connectivity index (χ2n) is 3.95. The number of rotatable bonds is 4. The first-order valence-corrected chi connectivity index (χ1v) is 7.77. The maximum absolute atomic E-state index is 12.2. The van der Waals surface area contributed by atoms with Crippen LogP contribution in [-0.2, 0) is 21.2 Å². The molecule has 6 nitrogen and oxygen atoms in total. The molecule has 2 heterocycles. The lowest BCUT2D eigenvalue weighted by atomic mass is 10.3. The number of nitrogens with one attached hydrogen (secondary N) is 1. The third-order valence-corrected chi connectivity index (χ3v) is 6.08. The van der Waals surface area contributed by atoms with Gasteiger partial charge in [0, 0.05) is 31.1 Å². The van der Waals surface area contributed by atoms with Crippen molar-refractivity contribution in [3.63, 3.8) is 0 Å².